The Kier molecular flexibility index (Phi) is 5.55. The van der Waals surface area contributed by atoms with Crippen molar-refractivity contribution in [3.8, 4) is 11.5 Å². The maximum absolute atomic E-state index is 11.6. The Hall–Kier alpha value is -1.40. The van der Waals surface area contributed by atoms with E-state index in [0.29, 0.717) is 19.0 Å². The summed E-state index contributed by atoms with van der Waals surface area (Å²) < 4.78 is 15.8. The first-order valence-electron chi connectivity index (χ1n) is 6.58. The van der Waals surface area contributed by atoms with Gasteiger partial charge in [-0.3, -0.25) is 4.79 Å². The fourth-order valence-electron chi connectivity index (χ4n) is 1.89. The Balaban J connectivity index is 1.97. The number of hydrogen-bond donors (Lipinski definition) is 1. The number of esters is 1. The van der Waals surface area contributed by atoms with Crippen LogP contribution in [0.2, 0.25) is 0 Å². The quantitative estimate of drug-likeness (QED) is 0.637. The summed E-state index contributed by atoms with van der Waals surface area (Å²) in [5, 5.41) is 3.11. The van der Waals surface area contributed by atoms with Gasteiger partial charge in [-0.1, -0.05) is 6.92 Å². The number of methoxy groups -OCH3 is 1. The van der Waals surface area contributed by atoms with Gasteiger partial charge in [0.05, 0.1) is 7.11 Å². The molecule has 0 amide bonds. The van der Waals surface area contributed by atoms with Crippen molar-refractivity contribution in [2.24, 2.45) is 0 Å². The van der Waals surface area contributed by atoms with Crippen molar-refractivity contribution in [1.29, 1.82) is 0 Å². The summed E-state index contributed by atoms with van der Waals surface area (Å²) in [6, 6.07) is 5.51. The summed E-state index contributed by atoms with van der Waals surface area (Å²) in [7, 11) is 1.40. The van der Waals surface area contributed by atoms with E-state index in [-0.39, 0.29) is 12.0 Å². The minimum atomic E-state index is -0.303. The first-order valence-corrected chi connectivity index (χ1v) is 7.56. The van der Waals surface area contributed by atoms with Crippen LogP contribution in [0.4, 0.5) is 0 Å². The molecule has 1 N–H and O–H groups in total. The number of carbonyl (C=O) groups excluding carboxylic acids is 1. The van der Waals surface area contributed by atoms with Crippen LogP contribution in [0.5, 0.6) is 11.5 Å². The van der Waals surface area contributed by atoms with E-state index in [1.54, 1.807) is 11.8 Å². The number of thioether (sulfide) groups is 1. The Morgan fingerprint density at radius 3 is 2.85 bits per heavy atom. The zero-order valence-electron chi connectivity index (χ0n) is 11.7. The lowest BCUT2D eigenvalue weighted by molar-refractivity contribution is -0.142. The average Bonchev–Trinajstić information content (AvgIpc) is 2.50. The molecule has 20 heavy (non-hydrogen) atoms. The van der Waals surface area contributed by atoms with E-state index in [1.165, 1.54) is 7.11 Å². The van der Waals surface area contributed by atoms with Gasteiger partial charge in [0, 0.05) is 10.6 Å². The predicted molar refractivity (Wildman–Crippen MR) is 77.6 cm³/mol. The molecule has 1 atom stereocenters. The van der Waals surface area contributed by atoms with Crippen molar-refractivity contribution < 1.29 is 19.0 Å². The lowest BCUT2D eigenvalue weighted by Gasteiger charge is -2.19. The van der Waals surface area contributed by atoms with Crippen LogP contribution in [0.15, 0.2) is 23.1 Å². The predicted octanol–water partition coefficient (Wildman–Crippen LogP) is 1.70. The molecule has 1 aliphatic rings. The van der Waals surface area contributed by atoms with E-state index in [9.17, 15) is 4.79 Å². The standard InChI is InChI=1S/C14H19NO4S/c1-3-15-11(14(16)17-2)9-20-10-4-5-12-13(8-10)19-7-6-18-12/h4-5,8,11,15H,3,6-7,9H2,1-2H3. The molecule has 0 aromatic heterocycles. The number of likely N-dealkylation sites (N-methyl/N-ethyl adjacent to an activating group) is 1. The molecule has 0 bridgehead atoms. The second-order valence-corrected chi connectivity index (χ2v) is 5.34. The van der Waals surface area contributed by atoms with Crippen molar-refractivity contribution in [3.05, 3.63) is 18.2 Å². The monoisotopic (exact) mass is 297 g/mol. The Morgan fingerprint density at radius 2 is 2.15 bits per heavy atom. The molecule has 1 aromatic carbocycles. The fraction of sp³-hybridized carbons (Fsp3) is 0.500. The number of rotatable bonds is 6. The largest absolute Gasteiger partial charge is 0.486 e. The molecule has 1 aliphatic heterocycles. The summed E-state index contributed by atoms with van der Waals surface area (Å²) in [5.74, 6) is 1.91. The Morgan fingerprint density at radius 1 is 1.40 bits per heavy atom. The van der Waals surface area contributed by atoms with Crippen molar-refractivity contribution in [2.45, 2.75) is 17.9 Å². The minimum Gasteiger partial charge on any atom is -0.486 e. The summed E-state index contributed by atoms with van der Waals surface area (Å²) in [6.45, 7) is 3.85. The molecule has 0 fully saturated rings. The maximum atomic E-state index is 11.6. The van der Waals surface area contributed by atoms with E-state index in [4.69, 9.17) is 14.2 Å². The van der Waals surface area contributed by atoms with Crippen LogP contribution < -0.4 is 14.8 Å². The number of fused-ring (bicyclic) bond motifs is 1. The lowest BCUT2D eigenvalue weighted by atomic mass is 10.3. The molecule has 0 aliphatic carbocycles. The van der Waals surface area contributed by atoms with Crippen LogP contribution in [0.3, 0.4) is 0 Å². The number of benzene rings is 1. The third kappa shape index (κ3) is 3.80. The second-order valence-electron chi connectivity index (χ2n) is 4.25. The summed E-state index contributed by atoms with van der Waals surface area (Å²) in [5.41, 5.74) is 0. The molecule has 2 rings (SSSR count). The molecule has 110 valence electrons. The normalized spacial score (nSPS) is 14.7. The van der Waals surface area contributed by atoms with Gasteiger partial charge in [-0.15, -0.1) is 11.8 Å². The summed E-state index contributed by atoms with van der Waals surface area (Å²) in [6.07, 6.45) is 0. The van der Waals surface area contributed by atoms with E-state index in [1.807, 2.05) is 25.1 Å². The van der Waals surface area contributed by atoms with E-state index < -0.39 is 0 Å². The molecule has 0 spiro atoms. The molecule has 1 heterocycles. The van der Waals surface area contributed by atoms with Crippen LogP contribution in [0.1, 0.15) is 6.92 Å². The molecule has 0 saturated heterocycles. The average molecular weight is 297 g/mol. The highest BCUT2D eigenvalue weighted by Gasteiger charge is 2.19. The van der Waals surface area contributed by atoms with Gasteiger partial charge in [0.1, 0.15) is 19.3 Å². The highest BCUT2D eigenvalue weighted by molar-refractivity contribution is 7.99. The zero-order valence-corrected chi connectivity index (χ0v) is 12.5. The highest BCUT2D eigenvalue weighted by atomic mass is 32.2. The number of carbonyl (C=O) groups is 1. The van der Waals surface area contributed by atoms with E-state index >= 15 is 0 Å². The molecule has 1 unspecified atom stereocenters. The Labute approximate surface area is 123 Å². The smallest absolute Gasteiger partial charge is 0.323 e. The van der Waals surface area contributed by atoms with Gasteiger partial charge >= 0.3 is 5.97 Å². The van der Waals surface area contributed by atoms with E-state index in [0.717, 1.165) is 22.9 Å². The van der Waals surface area contributed by atoms with Gasteiger partial charge in [0.2, 0.25) is 0 Å². The molecule has 0 radical (unpaired) electrons. The second kappa shape index (κ2) is 7.40. The van der Waals surface area contributed by atoms with Crippen LogP contribution in [-0.4, -0.2) is 44.6 Å². The topological polar surface area (TPSA) is 56.8 Å². The molecular weight excluding hydrogens is 278 g/mol. The Bertz CT molecular complexity index is 466. The third-order valence-corrected chi connectivity index (χ3v) is 3.95. The highest BCUT2D eigenvalue weighted by Crippen LogP contribution is 2.34. The number of hydrogen-bond acceptors (Lipinski definition) is 6. The van der Waals surface area contributed by atoms with Gasteiger partial charge in [-0.05, 0) is 24.7 Å². The first-order chi connectivity index (χ1) is 9.74. The van der Waals surface area contributed by atoms with Crippen LogP contribution in [-0.2, 0) is 9.53 Å². The van der Waals surface area contributed by atoms with Crippen molar-refractivity contribution in [1.82, 2.24) is 5.32 Å². The van der Waals surface area contributed by atoms with Gasteiger partial charge in [-0.2, -0.15) is 0 Å². The van der Waals surface area contributed by atoms with Gasteiger partial charge in [-0.25, -0.2) is 0 Å². The first kappa shape index (κ1) is 15.0. The minimum absolute atomic E-state index is 0.239. The van der Waals surface area contributed by atoms with E-state index in [2.05, 4.69) is 5.32 Å². The molecular formula is C14H19NO4S. The van der Waals surface area contributed by atoms with Gasteiger partial charge in [0.25, 0.3) is 0 Å². The fourth-order valence-corrected chi connectivity index (χ4v) is 2.86. The molecule has 6 heteroatoms. The molecule has 5 nitrogen and oxygen atoms in total. The van der Waals surface area contributed by atoms with Crippen LogP contribution in [0, 0.1) is 0 Å². The number of ether oxygens (including phenoxy) is 3. The lowest BCUT2D eigenvalue weighted by Crippen LogP contribution is -2.39. The van der Waals surface area contributed by atoms with Crippen molar-refractivity contribution >= 4 is 17.7 Å². The molecule has 0 saturated carbocycles. The van der Waals surface area contributed by atoms with Crippen molar-refractivity contribution in [3.63, 3.8) is 0 Å². The molecule has 1 aromatic rings. The van der Waals surface area contributed by atoms with Crippen LogP contribution >= 0.6 is 11.8 Å². The zero-order chi connectivity index (χ0) is 14.4. The summed E-state index contributed by atoms with van der Waals surface area (Å²) in [4.78, 5) is 12.7. The maximum Gasteiger partial charge on any atom is 0.323 e. The number of nitrogens with one attached hydrogen (secondary N) is 1. The third-order valence-electron chi connectivity index (χ3n) is 2.87. The van der Waals surface area contributed by atoms with Crippen LogP contribution in [0.25, 0.3) is 0 Å². The SMILES string of the molecule is CCNC(CSc1ccc2c(c1)OCCO2)C(=O)OC. The van der Waals surface area contributed by atoms with Gasteiger partial charge in [0.15, 0.2) is 11.5 Å². The summed E-state index contributed by atoms with van der Waals surface area (Å²) >= 11 is 1.59. The van der Waals surface area contributed by atoms with Gasteiger partial charge < -0.3 is 19.5 Å². The van der Waals surface area contributed by atoms with Crippen molar-refractivity contribution in [2.75, 3.05) is 32.6 Å².